The van der Waals surface area contributed by atoms with Crippen LogP contribution in [0.15, 0.2) is 48.8 Å². The van der Waals surface area contributed by atoms with Crippen LogP contribution in [0.1, 0.15) is 27.9 Å². The molecule has 8 nitrogen and oxygen atoms in total. The number of aromatic carboxylic acids is 1. The van der Waals surface area contributed by atoms with Gasteiger partial charge in [0.25, 0.3) is 5.91 Å². The van der Waals surface area contributed by atoms with Gasteiger partial charge in [-0.15, -0.1) is 0 Å². The molecule has 3 N–H and O–H groups in total. The number of carboxylic acids is 1. The average Bonchev–Trinajstić information content (AvgIpc) is 3.18. The van der Waals surface area contributed by atoms with E-state index in [1.165, 1.54) is 11.6 Å². The van der Waals surface area contributed by atoms with Gasteiger partial charge in [-0.2, -0.15) is 0 Å². The Labute approximate surface area is 189 Å². The van der Waals surface area contributed by atoms with Crippen molar-refractivity contribution >= 4 is 29.4 Å². The van der Waals surface area contributed by atoms with E-state index in [0.717, 1.165) is 5.56 Å². The molecular formula is C23H21ClN4O4. The van der Waals surface area contributed by atoms with Crippen LogP contribution in [0.3, 0.4) is 0 Å². The molecule has 0 saturated carbocycles. The Morgan fingerprint density at radius 2 is 2.03 bits per heavy atom. The first-order valence-corrected chi connectivity index (χ1v) is 10.4. The molecule has 0 spiro atoms. The number of amides is 1. The highest BCUT2D eigenvalue weighted by atomic mass is 35.5. The van der Waals surface area contributed by atoms with Crippen molar-refractivity contribution in [2.24, 2.45) is 0 Å². The zero-order valence-corrected chi connectivity index (χ0v) is 18.0. The molecule has 1 aliphatic rings. The maximum absolute atomic E-state index is 11.9. The van der Waals surface area contributed by atoms with Crippen molar-refractivity contribution in [3.63, 3.8) is 0 Å². The largest absolute Gasteiger partial charge is 0.479 e. The summed E-state index contributed by atoms with van der Waals surface area (Å²) in [5.41, 5.74) is 3.26. The first-order valence-electron chi connectivity index (χ1n) is 10.0. The van der Waals surface area contributed by atoms with Crippen LogP contribution in [-0.2, 0) is 11.3 Å². The number of anilines is 1. The van der Waals surface area contributed by atoms with Gasteiger partial charge in [0.2, 0.25) is 5.95 Å². The molecular weight excluding hydrogens is 432 g/mol. The Balaban J connectivity index is 1.56. The third-order valence-corrected chi connectivity index (χ3v) is 5.45. The quantitative estimate of drug-likeness (QED) is 0.501. The van der Waals surface area contributed by atoms with Crippen molar-refractivity contribution in [2.75, 3.05) is 11.9 Å². The van der Waals surface area contributed by atoms with Crippen LogP contribution in [0.5, 0.6) is 5.75 Å². The number of ether oxygens (including phenoxy) is 1. The van der Waals surface area contributed by atoms with Crippen LogP contribution in [0.25, 0.3) is 11.1 Å². The van der Waals surface area contributed by atoms with Gasteiger partial charge < -0.3 is 20.5 Å². The average molecular weight is 453 g/mol. The molecule has 164 valence electrons. The van der Waals surface area contributed by atoms with E-state index in [2.05, 4.69) is 26.7 Å². The number of nitrogens with one attached hydrogen (secondary N) is 2. The van der Waals surface area contributed by atoms with E-state index in [0.29, 0.717) is 36.6 Å². The van der Waals surface area contributed by atoms with Gasteiger partial charge in [0.15, 0.2) is 6.10 Å². The fourth-order valence-corrected chi connectivity index (χ4v) is 3.65. The molecule has 3 aromatic rings. The van der Waals surface area contributed by atoms with E-state index < -0.39 is 12.1 Å². The smallest absolute Gasteiger partial charge is 0.337 e. The molecule has 1 atom stereocenters. The second-order valence-corrected chi connectivity index (χ2v) is 7.84. The summed E-state index contributed by atoms with van der Waals surface area (Å²) in [6.45, 7) is 3.10. The van der Waals surface area contributed by atoms with E-state index >= 15 is 0 Å². The molecule has 1 amide bonds. The monoisotopic (exact) mass is 452 g/mol. The number of aromatic nitrogens is 2. The number of hydrogen-bond acceptors (Lipinski definition) is 6. The second kappa shape index (κ2) is 9.23. The first-order chi connectivity index (χ1) is 15.4. The van der Waals surface area contributed by atoms with Crippen LogP contribution < -0.4 is 15.4 Å². The summed E-state index contributed by atoms with van der Waals surface area (Å²) in [5.74, 6) is -0.877. The minimum Gasteiger partial charge on any atom is -0.479 e. The Kier molecular flexibility index (Phi) is 6.23. The summed E-state index contributed by atoms with van der Waals surface area (Å²) < 4.78 is 5.73. The van der Waals surface area contributed by atoms with Gasteiger partial charge in [-0.05, 0) is 30.2 Å². The Bertz CT molecular complexity index is 1170. The normalized spacial score (nSPS) is 15.3. The van der Waals surface area contributed by atoms with Gasteiger partial charge in [-0.3, -0.25) is 4.79 Å². The standard InChI is InChI=1S/C23H21ClN4O4/c1-13-3-2-4-14(7-13)10-26-23-27-11-16(12-28-23)15-8-17(22(30)31)20(24)19(9-15)32-18-5-6-25-21(18)29/h2-4,7-9,11-12,18H,5-6,10H2,1H3,(H,25,29)(H,30,31)(H,26,27,28). The van der Waals surface area contributed by atoms with Crippen molar-refractivity contribution in [3.8, 4) is 16.9 Å². The Morgan fingerprint density at radius 1 is 1.25 bits per heavy atom. The SMILES string of the molecule is Cc1cccc(CNc2ncc(-c3cc(OC4CCNC4=O)c(Cl)c(C(=O)O)c3)cn2)c1. The third kappa shape index (κ3) is 4.81. The van der Waals surface area contributed by atoms with E-state index in [9.17, 15) is 14.7 Å². The summed E-state index contributed by atoms with van der Waals surface area (Å²) in [6, 6.07) is 11.1. The Morgan fingerprint density at radius 3 is 2.69 bits per heavy atom. The number of carboxylic acid groups (broad SMARTS) is 1. The highest BCUT2D eigenvalue weighted by Crippen LogP contribution is 2.35. The lowest BCUT2D eigenvalue weighted by Gasteiger charge is -2.15. The number of nitrogens with zero attached hydrogens (tertiary/aromatic N) is 2. The van der Waals surface area contributed by atoms with Crippen LogP contribution in [0.4, 0.5) is 5.95 Å². The fourth-order valence-electron chi connectivity index (χ4n) is 3.41. The van der Waals surface area contributed by atoms with Crippen molar-refractivity contribution in [2.45, 2.75) is 26.0 Å². The summed E-state index contributed by atoms with van der Waals surface area (Å²) in [7, 11) is 0. The number of benzene rings is 2. The van der Waals surface area contributed by atoms with Gasteiger partial charge in [-0.1, -0.05) is 41.4 Å². The molecule has 1 aliphatic heterocycles. The van der Waals surface area contributed by atoms with Crippen LogP contribution in [-0.4, -0.2) is 39.6 Å². The topological polar surface area (TPSA) is 113 Å². The summed E-state index contributed by atoms with van der Waals surface area (Å²) in [5, 5.41) is 15.3. The van der Waals surface area contributed by atoms with Gasteiger partial charge in [0.05, 0.1) is 10.6 Å². The lowest BCUT2D eigenvalue weighted by molar-refractivity contribution is -0.124. The van der Waals surface area contributed by atoms with Crippen molar-refractivity contribution in [3.05, 3.63) is 70.5 Å². The van der Waals surface area contributed by atoms with E-state index in [4.69, 9.17) is 16.3 Å². The minimum atomic E-state index is -1.20. The maximum Gasteiger partial charge on any atom is 0.337 e. The summed E-state index contributed by atoms with van der Waals surface area (Å²) >= 11 is 6.25. The molecule has 2 aromatic carbocycles. The molecule has 0 aliphatic carbocycles. The second-order valence-electron chi connectivity index (χ2n) is 7.47. The molecule has 1 saturated heterocycles. The highest BCUT2D eigenvalue weighted by molar-refractivity contribution is 6.35. The van der Waals surface area contributed by atoms with E-state index in [-0.39, 0.29) is 22.2 Å². The minimum absolute atomic E-state index is 0.0571. The van der Waals surface area contributed by atoms with Gasteiger partial charge in [0.1, 0.15) is 5.75 Å². The molecule has 0 bridgehead atoms. The van der Waals surface area contributed by atoms with Crippen LogP contribution in [0, 0.1) is 6.92 Å². The molecule has 9 heteroatoms. The van der Waals surface area contributed by atoms with E-state index in [1.54, 1.807) is 18.5 Å². The first kappa shape index (κ1) is 21.6. The lowest BCUT2D eigenvalue weighted by atomic mass is 10.0. The molecule has 0 radical (unpaired) electrons. The molecule has 32 heavy (non-hydrogen) atoms. The number of halogens is 1. The molecule has 1 fully saturated rings. The Hall–Kier alpha value is -3.65. The maximum atomic E-state index is 11.9. The zero-order chi connectivity index (χ0) is 22.7. The van der Waals surface area contributed by atoms with Gasteiger partial charge in [-0.25, -0.2) is 14.8 Å². The number of hydrogen-bond donors (Lipinski definition) is 3. The van der Waals surface area contributed by atoms with Crippen molar-refractivity contribution in [1.82, 2.24) is 15.3 Å². The number of carbonyl (C=O) groups excluding carboxylic acids is 1. The number of rotatable bonds is 7. The van der Waals surface area contributed by atoms with Gasteiger partial charge >= 0.3 is 5.97 Å². The predicted octanol–water partition coefficient (Wildman–Crippen LogP) is 3.68. The van der Waals surface area contributed by atoms with Crippen molar-refractivity contribution in [1.29, 1.82) is 0 Å². The molecule has 4 rings (SSSR count). The summed E-state index contributed by atoms with van der Waals surface area (Å²) in [4.78, 5) is 32.2. The van der Waals surface area contributed by atoms with Gasteiger partial charge in [0, 0.05) is 37.5 Å². The van der Waals surface area contributed by atoms with Crippen molar-refractivity contribution < 1.29 is 19.4 Å². The zero-order valence-electron chi connectivity index (χ0n) is 17.3. The number of carbonyl (C=O) groups is 2. The predicted molar refractivity (Wildman–Crippen MR) is 120 cm³/mol. The highest BCUT2D eigenvalue weighted by Gasteiger charge is 2.28. The lowest BCUT2D eigenvalue weighted by Crippen LogP contribution is -2.27. The van der Waals surface area contributed by atoms with E-state index in [1.807, 2.05) is 25.1 Å². The molecule has 2 heterocycles. The third-order valence-electron chi connectivity index (χ3n) is 5.06. The summed E-state index contributed by atoms with van der Waals surface area (Å²) in [6.07, 6.45) is 2.94. The number of aryl methyl sites for hydroxylation is 1. The van der Waals surface area contributed by atoms with Crippen LogP contribution in [0.2, 0.25) is 5.02 Å². The molecule has 1 unspecified atom stereocenters. The van der Waals surface area contributed by atoms with Crippen LogP contribution >= 0.6 is 11.6 Å². The fraction of sp³-hybridized carbons (Fsp3) is 0.217. The molecule has 1 aromatic heterocycles.